The van der Waals surface area contributed by atoms with Crippen LogP contribution < -0.4 is 14.4 Å². The van der Waals surface area contributed by atoms with Crippen LogP contribution in [0, 0.1) is 0 Å². The molecule has 1 unspecified atom stereocenters. The monoisotopic (exact) mass is 450 g/mol. The second-order valence-corrected chi connectivity index (χ2v) is 8.38. The first-order valence-corrected chi connectivity index (χ1v) is 11.5. The fourth-order valence-electron chi connectivity index (χ4n) is 4.29. The number of anilines is 1. The number of aromatic nitrogens is 2. The summed E-state index contributed by atoms with van der Waals surface area (Å²) >= 11 is 0. The Labute approximate surface area is 196 Å². The fraction of sp³-hybridized carbons (Fsp3) is 0.423. The van der Waals surface area contributed by atoms with E-state index in [0.717, 1.165) is 63.0 Å². The highest BCUT2D eigenvalue weighted by atomic mass is 16.5. The first-order valence-electron chi connectivity index (χ1n) is 11.5. The van der Waals surface area contributed by atoms with E-state index in [-0.39, 0.29) is 0 Å². The van der Waals surface area contributed by atoms with Gasteiger partial charge in [0.25, 0.3) is 0 Å². The number of methoxy groups -OCH3 is 2. The Balaban J connectivity index is 1.52. The minimum atomic E-state index is 0.507. The lowest BCUT2D eigenvalue weighted by Gasteiger charge is -2.34. The molecule has 3 aromatic rings. The Kier molecular flexibility index (Phi) is 7.86. The van der Waals surface area contributed by atoms with Gasteiger partial charge in [0.1, 0.15) is 0 Å². The highest BCUT2D eigenvalue weighted by Gasteiger charge is 2.19. The van der Waals surface area contributed by atoms with Crippen LogP contribution in [-0.2, 0) is 11.3 Å². The molecule has 7 heteroatoms. The van der Waals surface area contributed by atoms with Crippen molar-refractivity contribution >= 4 is 5.69 Å². The number of hydrogen-bond acceptors (Lipinski definition) is 6. The van der Waals surface area contributed by atoms with E-state index in [1.165, 1.54) is 11.3 Å². The first kappa shape index (κ1) is 23.1. The molecule has 0 saturated carbocycles. The molecule has 0 N–H and O–H groups in total. The number of morpholine rings is 1. The molecule has 1 aliphatic rings. The number of hydrogen-bond donors (Lipinski definition) is 0. The predicted molar refractivity (Wildman–Crippen MR) is 131 cm³/mol. The van der Waals surface area contributed by atoms with Gasteiger partial charge in [0.2, 0.25) is 0 Å². The number of imidazole rings is 1. The van der Waals surface area contributed by atoms with Crippen molar-refractivity contribution in [2.24, 2.45) is 0 Å². The lowest BCUT2D eigenvalue weighted by molar-refractivity contribution is 0.0190. The minimum Gasteiger partial charge on any atom is -0.493 e. The molecular formula is C26H34N4O3. The van der Waals surface area contributed by atoms with Crippen LogP contribution in [0.4, 0.5) is 5.69 Å². The summed E-state index contributed by atoms with van der Waals surface area (Å²) in [5, 5.41) is 0. The first-order chi connectivity index (χ1) is 16.2. The van der Waals surface area contributed by atoms with Crippen LogP contribution in [0.5, 0.6) is 11.5 Å². The number of nitrogens with zero attached hydrogens (tertiary/aromatic N) is 4. The van der Waals surface area contributed by atoms with Crippen LogP contribution in [0.3, 0.4) is 0 Å². The highest BCUT2D eigenvalue weighted by Crippen LogP contribution is 2.29. The zero-order chi connectivity index (χ0) is 23.0. The minimum absolute atomic E-state index is 0.507. The quantitative estimate of drug-likeness (QED) is 0.465. The third-order valence-electron chi connectivity index (χ3n) is 6.32. The van der Waals surface area contributed by atoms with Crippen molar-refractivity contribution < 1.29 is 14.2 Å². The lowest BCUT2D eigenvalue weighted by Crippen LogP contribution is -2.43. The maximum absolute atomic E-state index is 5.53. The molecule has 176 valence electrons. The van der Waals surface area contributed by atoms with Crippen molar-refractivity contribution in [3.8, 4) is 17.2 Å². The van der Waals surface area contributed by atoms with E-state index in [2.05, 4.69) is 58.1 Å². The van der Waals surface area contributed by atoms with E-state index in [1.807, 2.05) is 23.2 Å². The van der Waals surface area contributed by atoms with Crippen molar-refractivity contribution in [3.63, 3.8) is 0 Å². The third-order valence-corrected chi connectivity index (χ3v) is 6.32. The van der Waals surface area contributed by atoms with E-state index in [4.69, 9.17) is 14.2 Å². The number of ether oxygens (including phenoxy) is 3. The molecule has 0 aliphatic carbocycles. The van der Waals surface area contributed by atoms with Crippen LogP contribution in [0.2, 0.25) is 0 Å². The Morgan fingerprint density at radius 1 is 1.03 bits per heavy atom. The van der Waals surface area contributed by atoms with Gasteiger partial charge in [-0.2, -0.15) is 0 Å². The highest BCUT2D eigenvalue weighted by molar-refractivity contribution is 5.52. The summed E-state index contributed by atoms with van der Waals surface area (Å²) in [7, 11) is 3.34. The molecule has 1 saturated heterocycles. The summed E-state index contributed by atoms with van der Waals surface area (Å²) in [6.07, 6.45) is 6.65. The van der Waals surface area contributed by atoms with Gasteiger partial charge in [0, 0.05) is 56.0 Å². The van der Waals surface area contributed by atoms with Gasteiger partial charge < -0.3 is 23.7 Å². The Morgan fingerprint density at radius 2 is 1.79 bits per heavy atom. The van der Waals surface area contributed by atoms with E-state index in [9.17, 15) is 0 Å². The average molecular weight is 451 g/mol. The summed E-state index contributed by atoms with van der Waals surface area (Å²) in [4.78, 5) is 9.12. The van der Waals surface area contributed by atoms with Crippen LogP contribution in [0.1, 0.15) is 18.9 Å². The summed E-state index contributed by atoms with van der Waals surface area (Å²) in [6, 6.07) is 15.3. The standard InChI is InChI=1S/C26H34N4O3/c1-21(28-14-16-33-17-15-28)10-12-29(19-22-4-9-25(31-2)26(18-22)32-3)23-5-7-24(8-6-23)30-13-11-27-20-30/h4-9,11,13,18,20-21H,10,12,14-17,19H2,1-3H3. The van der Waals surface area contributed by atoms with Gasteiger partial charge in [0.05, 0.1) is 33.8 Å². The fourth-order valence-corrected chi connectivity index (χ4v) is 4.29. The predicted octanol–water partition coefficient (Wildman–Crippen LogP) is 4.01. The van der Waals surface area contributed by atoms with Crippen LogP contribution in [0.15, 0.2) is 61.2 Å². The third kappa shape index (κ3) is 5.86. The summed E-state index contributed by atoms with van der Waals surface area (Å²) in [6.45, 7) is 7.75. The van der Waals surface area contributed by atoms with Gasteiger partial charge >= 0.3 is 0 Å². The molecule has 2 aromatic carbocycles. The topological polar surface area (TPSA) is 52.0 Å². The molecule has 0 bridgehead atoms. The Bertz CT molecular complexity index is 985. The van der Waals surface area contributed by atoms with Crippen LogP contribution in [0.25, 0.3) is 5.69 Å². The lowest BCUT2D eigenvalue weighted by atomic mass is 10.1. The summed E-state index contributed by atoms with van der Waals surface area (Å²) in [5.74, 6) is 1.51. The molecule has 0 spiro atoms. The zero-order valence-electron chi connectivity index (χ0n) is 19.8. The second kappa shape index (κ2) is 11.2. The second-order valence-electron chi connectivity index (χ2n) is 8.38. The average Bonchev–Trinajstić information content (AvgIpc) is 3.42. The van der Waals surface area contributed by atoms with E-state index >= 15 is 0 Å². The summed E-state index contributed by atoms with van der Waals surface area (Å²) in [5.41, 5.74) is 3.48. The maximum Gasteiger partial charge on any atom is 0.161 e. The molecule has 1 fully saturated rings. The normalized spacial score (nSPS) is 15.2. The van der Waals surface area contributed by atoms with Gasteiger partial charge in [-0.15, -0.1) is 0 Å². The number of benzene rings is 2. The smallest absolute Gasteiger partial charge is 0.161 e. The molecule has 4 rings (SSSR count). The maximum atomic E-state index is 5.53. The van der Waals surface area contributed by atoms with Crippen molar-refractivity contribution in [2.45, 2.75) is 25.9 Å². The van der Waals surface area contributed by atoms with Gasteiger partial charge in [-0.25, -0.2) is 4.98 Å². The molecule has 2 heterocycles. The molecule has 1 atom stereocenters. The molecule has 1 aliphatic heterocycles. The van der Waals surface area contributed by atoms with Crippen LogP contribution >= 0.6 is 0 Å². The number of rotatable bonds is 10. The van der Waals surface area contributed by atoms with Crippen molar-refractivity contribution in [1.29, 1.82) is 0 Å². The molecule has 7 nitrogen and oxygen atoms in total. The van der Waals surface area contributed by atoms with Gasteiger partial charge in [-0.1, -0.05) is 6.07 Å². The molecule has 33 heavy (non-hydrogen) atoms. The van der Waals surface area contributed by atoms with Crippen molar-refractivity contribution in [3.05, 3.63) is 66.7 Å². The SMILES string of the molecule is COc1ccc(CN(CCC(C)N2CCOCC2)c2ccc(-n3ccnc3)cc2)cc1OC. The molecular weight excluding hydrogens is 416 g/mol. The van der Waals surface area contributed by atoms with Crippen LogP contribution in [-0.4, -0.2) is 67.6 Å². The van der Waals surface area contributed by atoms with E-state index < -0.39 is 0 Å². The van der Waals surface area contributed by atoms with E-state index in [1.54, 1.807) is 20.4 Å². The summed E-state index contributed by atoms with van der Waals surface area (Å²) < 4.78 is 18.5. The largest absolute Gasteiger partial charge is 0.493 e. The molecule has 0 radical (unpaired) electrons. The van der Waals surface area contributed by atoms with Crippen molar-refractivity contribution in [1.82, 2.24) is 14.5 Å². The van der Waals surface area contributed by atoms with Crippen molar-refractivity contribution in [2.75, 3.05) is 52.0 Å². The Morgan fingerprint density at radius 3 is 2.45 bits per heavy atom. The van der Waals surface area contributed by atoms with Gasteiger partial charge in [-0.05, 0) is 55.3 Å². The van der Waals surface area contributed by atoms with Gasteiger partial charge in [-0.3, -0.25) is 4.90 Å². The molecule has 0 amide bonds. The molecule has 1 aromatic heterocycles. The zero-order valence-corrected chi connectivity index (χ0v) is 19.8. The van der Waals surface area contributed by atoms with Gasteiger partial charge in [0.15, 0.2) is 11.5 Å². The Hall–Kier alpha value is -3.03. The van der Waals surface area contributed by atoms with E-state index in [0.29, 0.717) is 6.04 Å².